The van der Waals surface area contributed by atoms with E-state index in [1.165, 1.54) is 7.11 Å². The normalized spacial score (nSPS) is 11.1. The molecule has 14 heavy (non-hydrogen) atoms. The molecule has 3 nitrogen and oxygen atoms in total. The standard InChI is InChI=1S/C10H12ClNO2/c1-10(2,6-13)7-4-5-8(11)12-9(7)14-3/h4-6H,1-3H3. The van der Waals surface area contributed by atoms with Gasteiger partial charge in [-0.1, -0.05) is 11.6 Å². The van der Waals surface area contributed by atoms with E-state index in [4.69, 9.17) is 16.3 Å². The number of carbonyl (C=O) groups is 1. The van der Waals surface area contributed by atoms with Crippen LogP contribution in [0.1, 0.15) is 19.4 Å². The van der Waals surface area contributed by atoms with Crippen molar-refractivity contribution in [2.75, 3.05) is 7.11 Å². The van der Waals surface area contributed by atoms with E-state index in [-0.39, 0.29) is 0 Å². The first-order valence-electron chi connectivity index (χ1n) is 4.18. The quantitative estimate of drug-likeness (QED) is 0.571. The first kappa shape index (κ1) is 11.0. The number of ether oxygens (including phenoxy) is 1. The van der Waals surface area contributed by atoms with E-state index >= 15 is 0 Å². The van der Waals surface area contributed by atoms with Crippen LogP contribution in [0.15, 0.2) is 12.1 Å². The van der Waals surface area contributed by atoms with Crippen LogP contribution < -0.4 is 4.74 Å². The fourth-order valence-corrected chi connectivity index (χ4v) is 1.27. The van der Waals surface area contributed by atoms with Gasteiger partial charge in [0.15, 0.2) is 0 Å². The summed E-state index contributed by atoms with van der Waals surface area (Å²) in [6.07, 6.45) is 0.862. The number of halogens is 1. The number of methoxy groups -OCH3 is 1. The minimum Gasteiger partial charge on any atom is -0.481 e. The van der Waals surface area contributed by atoms with E-state index in [0.29, 0.717) is 11.0 Å². The zero-order chi connectivity index (χ0) is 10.8. The first-order chi connectivity index (χ1) is 6.51. The number of aromatic nitrogens is 1. The molecule has 0 radical (unpaired) electrons. The highest BCUT2D eigenvalue weighted by Crippen LogP contribution is 2.29. The number of aldehydes is 1. The van der Waals surface area contributed by atoms with Crippen molar-refractivity contribution >= 4 is 17.9 Å². The van der Waals surface area contributed by atoms with Gasteiger partial charge in [0.05, 0.1) is 12.5 Å². The molecule has 0 fully saturated rings. The summed E-state index contributed by atoms with van der Waals surface area (Å²) in [5.41, 5.74) is 0.127. The maximum atomic E-state index is 10.9. The van der Waals surface area contributed by atoms with Crippen LogP contribution >= 0.6 is 11.6 Å². The summed E-state index contributed by atoms with van der Waals surface area (Å²) < 4.78 is 5.06. The molecule has 0 saturated carbocycles. The van der Waals surface area contributed by atoms with E-state index < -0.39 is 5.41 Å². The van der Waals surface area contributed by atoms with E-state index in [1.807, 2.05) is 0 Å². The summed E-state index contributed by atoms with van der Waals surface area (Å²) in [7, 11) is 1.50. The highest BCUT2D eigenvalue weighted by atomic mass is 35.5. The van der Waals surface area contributed by atoms with Gasteiger partial charge in [0.25, 0.3) is 0 Å². The van der Waals surface area contributed by atoms with Crippen molar-refractivity contribution in [2.45, 2.75) is 19.3 Å². The number of hydrogen-bond donors (Lipinski definition) is 0. The largest absolute Gasteiger partial charge is 0.481 e. The van der Waals surface area contributed by atoms with Crippen LogP contribution in [0.25, 0.3) is 0 Å². The van der Waals surface area contributed by atoms with Gasteiger partial charge in [-0.05, 0) is 26.0 Å². The van der Waals surface area contributed by atoms with Gasteiger partial charge in [-0.25, -0.2) is 4.98 Å². The zero-order valence-corrected chi connectivity index (χ0v) is 9.13. The van der Waals surface area contributed by atoms with Gasteiger partial charge in [0.2, 0.25) is 5.88 Å². The molecule has 0 spiro atoms. The second-order valence-corrected chi connectivity index (χ2v) is 3.92. The molecule has 0 saturated heterocycles. The highest BCUT2D eigenvalue weighted by molar-refractivity contribution is 6.29. The topological polar surface area (TPSA) is 39.2 Å². The fourth-order valence-electron chi connectivity index (χ4n) is 1.13. The van der Waals surface area contributed by atoms with E-state index in [9.17, 15) is 4.79 Å². The molecule has 1 aromatic heterocycles. The number of rotatable bonds is 3. The lowest BCUT2D eigenvalue weighted by atomic mass is 9.87. The Kier molecular flexibility index (Phi) is 3.11. The Hall–Kier alpha value is -1.09. The Morgan fingerprint density at radius 1 is 1.50 bits per heavy atom. The molecule has 0 aliphatic carbocycles. The van der Waals surface area contributed by atoms with Crippen molar-refractivity contribution in [2.24, 2.45) is 0 Å². The third-order valence-electron chi connectivity index (χ3n) is 2.01. The van der Waals surface area contributed by atoms with Gasteiger partial charge >= 0.3 is 0 Å². The highest BCUT2D eigenvalue weighted by Gasteiger charge is 2.24. The molecule has 0 aromatic carbocycles. The number of pyridine rings is 1. The summed E-state index contributed by atoms with van der Waals surface area (Å²) >= 11 is 5.71. The van der Waals surface area contributed by atoms with Gasteiger partial charge in [-0.15, -0.1) is 0 Å². The molecule has 4 heteroatoms. The lowest BCUT2D eigenvalue weighted by molar-refractivity contribution is -0.111. The molecule has 0 unspecified atom stereocenters. The van der Waals surface area contributed by atoms with Crippen molar-refractivity contribution in [1.82, 2.24) is 4.98 Å². The maximum absolute atomic E-state index is 10.9. The van der Waals surface area contributed by atoms with Crippen molar-refractivity contribution in [3.63, 3.8) is 0 Å². The van der Waals surface area contributed by atoms with Crippen LogP contribution in [0.5, 0.6) is 5.88 Å². The van der Waals surface area contributed by atoms with Gasteiger partial charge in [-0.2, -0.15) is 0 Å². The van der Waals surface area contributed by atoms with Crippen molar-refractivity contribution in [3.05, 3.63) is 22.8 Å². The predicted molar refractivity (Wildman–Crippen MR) is 54.9 cm³/mol. The van der Waals surface area contributed by atoms with Crippen molar-refractivity contribution in [3.8, 4) is 5.88 Å². The molecule has 1 aromatic rings. The smallest absolute Gasteiger partial charge is 0.218 e. The molecule has 1 rings (SSSR count). The number of nitrogens with zero attached hydrogens (tertiary/aromatic N) is 1. The fraction of sp³-hybridized carbons (Fsp3) is 0.400. The third kappa shape index (κ3) is 2.04. The zero-order valence-electron chi connectivity index (χ0n) is 8.37. The summed E-state index contributed by atoms with van der Waals surface area (Å²) in [6, 6.07) is 3.40. The van der Waals surface area contributed by atoms with E-state index in [1.54, 1.807) is 26.0 Å². The number of hydrogen-bond acceptors (Lipinski definition) is 3. The number of carbonyl (C=O) groups excluding carboxylic acids is 1. The van der Waals surface area contributed by atoms with Gasteiger partial charge in [-0.3, -0.25) is 0 Å². The minimum absolute atomic E-state index is 0.354. The third-order valence-corrected chi connectivity index (χ3v) is 2.22. The predicted octanol–water partition coefficient (Wildman–Crippen LogP) is 2.22. The summed E-state index contributed by atoms with van der Waals surface area (Å²) in [5, 5.41) is 0.354. The van der Waals surface area contributed by atoms with Crippen LogP contribution in [0.4, 0.5) is 0 Å². The Labute approximate surface area is 88.1 Å². The second-order valence-electron chi connectivity index (χ2n) is 3.53. The van der Waals surface area contributed by atoms with Crippen LogP contribution in [0, 0.1) is 0 Å². The molecule has 0 aliphatic heterocycles. The molecule has 0 N–H and O–H groups in total. The van der Waals surface area contributed by atoms with Crippen molar-refractivity contribution < 1.29 is 9.53 Å². The molecule has 1 heterocycles. The summed E-state index contributed by atoms with van der Waals surface area (Å²) in [4.78, 5) is 14.9. The molecular formula is C10H12ClNO2. The average Bonchev–Trinajstić information content (AvgIpc) is 2.17. The minimum atomic E-state index is -0.608. The van der Waals surface area contributed by atoms with Crippen LogP contribution in [-0.4, -0.2) is 18.4 Å². The van der Waals surface area contributed by atoms with Gasteiger partial charge in [0.1, 0.15) is 11.4 Å². The summed E-state index contributed by atoms with van der Waals surface area (Å²) in [5.74, 6) is 0.398. The van der Waals surface area contributed by atoms with Gasteiger partial charge < -0.3 is 9.53 Å². The lowest BCUT2D eigenvalue weighted by Gasteiger charge is -2.19. The molecule has 0 bridgehead atoms. The average molecular weight is 214 g/mol. The molecule has 76 valence electrons. The molecule has 0 atom stereocenters. The SMILES string of the molecule is COc1nc(Cl)ccc1C(C)(C)C=O. The monoisotopic (exact) mass is 213 g/mol. The molecule has 0 amide bonds. The van der Waals surface area contributed by atoms with Gasteiger partial charge in [0, 0.05) is 5.56 Å². The molecular weight excluding hydrogens is 202 g/mol. The Balaban J connectivity index is 3.27. The second kappa shape index (κ2) is 3.96. The first-order valence-corrected chi connectivity index (χ1v) is 4.56. The van der Waals surface area contributed by atoms with E-state index in [2.05, 4.69) is 4.98 Å². The van der Waals surface area contributed by atoms with Crippen LogP contribution in [0.2, 0.25) is 5.15 Å². The Morgan fingerprint density at radius 3 is 2.64 bits per heavy atom. The van der Waals surface area contributed by atoms with E-state index in [0.717, 1.165) is 11.8 Å². The lowest BCUT2D eigenvalue weighted by Crippen LogP contribution is -2.20. The maximum Gasteiger partial charge on any atom is 0.218 e. The van der Waals surface area contributed by atoms with Crippen LogP contribution in [0.3, 0.4) is 0 Å². The Morgan fingerprint density at radius 2 is 2.14 bits per heavy atom. The van der Waals surface area contributed by atoms with Crippen molar-refractivity contribution in [1.29, 1.82) is 0 Å². The summed E-state index contributed by atoms with van der Waals surface area (Å²) in [6.45, 7) is 3.60. The Bertz CT molecular complexity index is 350. The van der Waals surface area contributed by atoms with Crippen LogP contribution in [-0.2, 0) is 10.2 Å². The molecule has 0 aliphatic rings.